The Balaban J connectivity index is 3.05. The predicted octanol–water partition coefficient (Wildman–Crippen LogP) is 0.0310. The van der Waals surface area contributed by atoms with E-state index in [2.05, 4.69) is 10.6 Å². The van der Waals surface area contributed by atoms with Crippen LogP contribution in [0.15, 0.2) is 0 Å². The Morgan fingerprint density at radius 2 is 1.56 bits per heavy atom. The number of unbranched alkanes of at least 4 members (excludes halogenated alkanes) is 1. The number of nitrogens with two attached hydrogens (primary N) is 1. The summed E-state index contributed by atoms with van der Waals surface area (Å²) in [5.74, 6) is -0.418. The van der Waals surface area contributed by atoms with Gasteiger partial charge in [-0.3, -0.25) is 4.79 Å². The van der Waals surface area contributed by atoms with Crippen LogP contribution in [0.3, 0.4) is 0 Å². The highest BCUT2D eigenvalue weighted by atomic mass is 16.5. The molecule has 0 spiro atoms. The lowest BCUT2D eigenvalue weighted by molar-refractivity contribution is -0.126. The average molecular weight is 259 g/mol. The molecule has 0 aromatic heterocycles. The molecule has 18 heavy (non-hydrogen) atoms. The van der Waals surface area contributed by atoms with Gasteiger partial charge < -0.3 is 26.6 Å². The van der Waals surface area contributed by atoms with Crippen molar-refractivity contribution < 1.29 is 4.79 Å². The summed E-state index contributed by atoms with van der Waals surface area (Å²) in [6.45, 7) is 6.07. The van der Waals surface area contributed by atoms with Crippen LogP contribution >= 0.6 is 0 Å². The first-order valence-electron chi connectivity index (χ1n) is 6.75. The first-order chi connectivity index (χ1) is 8.68. The molecule has 0 saturated heterocycles. The Morgan fingerprint density at radius 3 is 2.06 bits per heavy atom. The number of carbonyl (C=O) groups is 1. The van der Waals surface area contributed by atoms with Gasteiger partial charge in [-0.2, -0.15) is 0 Å². The van der Waals surface area contributed by atoms with Gasteiger partial charge in [-0.1, -0.05) is 0 Å². The Bertz CT molecular complexity index is 203. The van der Waals surface area contributed by atoms with E-state index in [0.29, 0.717) is 11.5 Å². The first-order valence-corrected chi connectivity index (χ1v) is 6.75. The molecule has 0 aliphatic carbocycles. The Morgan fingerprint density at radius 1 is 1.06 bits per heavy atom. The summed E-state index contributed by atoms with van der Waals surface area (Å²) in [6, 6.07) is 0. The van der Waals surface area contributed by atoms with Gasteiger partial charge in [-0.05, 0) is 58.4 Å². The van der Waals surface area contributed by atoms with Crippen LogP contribution < -0.4 is 16.4 Å². The van der Waals surface area contributed by atoms with Crippen LogP contribution in [0, 0.1) is 5.21 Å². The smallest absolute Gasteiger partial charge is 0.208 e. The summed E-state index contributed by atoms with van der Waals surface area (Å²) in [7, 11) is 0. The molecule has 6 nitrogen and oxygen atoms in total. The Labute approximate surface area is 110 Å². The van der Waals surface area contributed by atoms with Crippen LogP contribution in [-0.2, 0) is 4.79 Å². The van der Waals surface area contributed by atoms with Gasteiger partial charge in [-0.15, -0.1) is 0 Å². The van der Waals surface area contributed by atoms with Crippen LogP contribution in [0.1, 0.15) is 32.6 Å². The summed E-state index contributed by atoms with van der Waals surface area (Å²) < 4.78 is 0. The van der Waals surface area contributed by atoms with E-state index in [1.54, 1.807) is 0 Å². The molecule has 0 heterocycles. The Hall–Kier alpha value is -0.690. The van der Waals surface area contributed by atoms with Crippen LogP contribution in [-0.4, -0.2) is 50.2 Å². The second-order valence-electron chi connectivity index (χ2n) is 4.32. The normalized spacial score (nSPS) is 10.6. The summed E-state index contributed by atoms with van der Waals surface area (Å²) in [6.07, 6.45) is 3.99. The summed E-state index contributed by atoms with van der Waals surface area (Å²) in [5, 5.41) is 18.0. The van der Waals surface area contributed by atoms with E-state index in [1.165, 1.54) is 6.92 Å². The zero-order valence-corrected chi connectivity index (χ0v) is 11.4. The van der Waals surface area contributed by atoms with Crippen LogP contribution in [0.4, 0.5) is 0 Å². The van der Waals surface area contributed by atoms with Crippen molar-refractivity contribution in [1.82, 2.24) is 15.7 Å². The number of nitrogens with one attached hydrogen (secondary N) is 2. The van der Waals surface area contributed by atoms with Crippen LogP contribution in [0.5, 0.6) is 0 Å². The van der Waals surface area contributed by atoms with Gasteiger partial charge in [0.2, 0.25) is 5.91 Å². The number of nitrogens with zero attached hydrogens (tertiary/aromatic N) is 1. The molecule has 0 atom stereocenters. The fourth-order valence-electron chi connectivity index (χ4n) is 1.48. The SMILES string of the molecule is CC(=O)N([O-])CCCNCCCCNCCCN. The number of rotatable bonds is 12. The number of hydrogen-bond donors (Lipinski definition) is 3. The third-order valence-corrected chi connectivity index (χ3v) is 2.58. The van der Waals surface area contributed by atoms with E-state index in [-0.39, 0.29) is 6.54 Å². The topological polar surface area (TPSA) is 93.5 Å². The maximum absolute atomic E-state index is 10.9. The van der Waals surface area contributed by atoms with Gasteiger partial charge in [0.25, 0.3) is 0 Å². The quantitative estimate of drug-likeness (QED) is 0.340. The molecule has 0 saturated carbocycles. The van der Waals surface area contributed by atoms with E-state index in [9.17, 15) is 10.0 Å². The van der Waals surface area contributed by atoms with Crippen molar-refractivity contribution in [2.45, 2.75) is 32.6 Å². The molecular formula is C12H27N4O2-. The van der Waals surface area contributed by atoms with Crippen molar-refractivity contribution in [1.29, 1.82) is 0 Å². The zero-order chi connectivity index (χ0) is 13.6. The minimum Gasteiger partial charge on any atom is -0.756 e. The molecule has 0 fully saturated rings. The van der Waals surface area contributed by atoms with Crippen molar-refractivity contribution in [3.63, 3.8) is 0 Å². The minimum absolute atomic E-state index is 0.281. The van der Waals surface area contributed by atoms with Gasteiger partial charge >= 0.3 is 0 Å². The van der Waals surface area contributed by atoms with Gasteiger partial charge in [0.05, 0.1) is 0 Å². The maximum Gasteiger partial charge on any atom is 0.208 e. The third kappa shape index (κ3) is 11.8. The molecule has 108 valence electrons. The molecule has 0 aromatic carbocycles. The molecule has 1 amide bonds. The van der Waals surface area contributed by atoms with Crippen molar-refractivity contribution in [2.24, 2.45) is 5.73 Å². The standard InChI is InChI=1S/C12H27N4O2/c1-12(17)16(18)11-5-10-15-8-3-2-7-14-9-4-6-13/h14-15H,2-11,13H2,1H3/q-1. The zero-order valence-electron chi connectivity index (χ0n) is 11.4. The Kier molecular flexibility index (Phi) is 12.3. The van der Waals surface area contributed by atoms with Gasteiger partial charge in [0.1, 0.15) is 0 Å². The maximum atomic E-state index is 10.9. The van der Waals surface area contributed by atoms with Crippen molar-refractivity contribution >= 4 is 5.91 Å². The second kappa shape index (κ2) is 12.8. The van der Waals surface area contributed by atoms with E-state index in [4.69, 9.17) is 5.73 Å². The molecule has 0 aliphatic rings. The molecule has 4 N–H and O–H groups in total. The van der Waals surface area contributed by atoms with Crippen molar-refractivity contribution in [2.75, 3.05) is 39.3 Å². The number of hydroxylamine groups is 2. The number of hydrogen-bond acceptors (Lipinski definition) is 5. The van der Waals surface area contributed by atoms with Crippen LogP contribution in [0.25, 0.3) is 0 Å². The summed E-state index contributed by atoms with van der Waals surface area (Å²) >= 11 is 0. The highest BCUT2D eigenvalue weighted by Crippen LogP contribution is 1.89. The molecule has 0 bridgehead atoms. The number of carbonyl (C=O) groups excluding carboxylic acids is 1. The highest BCUT2D eigenvalue weighted by molar-refractivity contribution is 5.73. The summed E-state index contributed by atoms with van der Waals surface area (Å²) in [5.41, 5.74) is 5.38. The minimum atomic E-state index is -0.418. The van der Waals surface area contributed by atoms with E-state index >= 15 is 0 Å². The van der Waals surface area contributed by atoms with Gasteiger partial charge in [0.15, 0.2) is 0 Å². The molecule has 0 aliphatic heterocycles. The van der Waals surface area contributed by atoms with Gasteiger partial charge in [-0.25, -0.2) is 0 Å². The van der Waals surface area contributed by atoms with Crippen LogP contribution in [0.2, 0.25) is 0 Å². The van der Waals surface area contributed by atoms with Gasteiger partial charge in [0, 0.05) is 13.5 Å². The van der Waals surface area contributed by atoms with E-state index < -0.39 is 5.91 Å². The molecule has 0 rings (SSSR count). The lowest BCUT2D eigenvalue weighted by Crippen LogP contribution is -2.27. The molecule has 0 unspecified atom stereocenters. The molecule has 6 heteroatoms. The molecule has 0 radical (unpaired) electrons. The van der Waals surface area contributed by atoms with Crippen molar-refractivity contribution in [3.8, 4) is 0 Å². The first kappa shape index (κ1) is 17.3. The van der Waals surface area contributed by atoms with E-state index in [1.807, 2.05) is 0 Å². The van der Waals surface area contributed by atoms with E-state index in [0.717, 1.165) is 52.0 Å². The lowest BCUT2D eigenvalue weighted by Gasteiger charge is -2.26. The molecular weight excluding hydrogens is 232 g/mol. The monoisotopic (exact) mass is 259 g/mol. The third-order valence-electron chi connectivity index (χ3n) is 2.58. The largest absolute Gasteiger partial charge is 0.756 e. The van der Waals surface area contributed by atoms with Crippen molar-refractivity contribution in [3.05, 3.63) is 5.21 Å². The molecule has 0 aromatic rings. The average Bonchev–Trinajstić information content (AvgIpc) is 2.35. The fraction of sp³-hybridized carbons (Fsp3) is 0.917. The highest BCUT2D eigenvalue weighted by Gasteiger charge is 1.95. The predicted molar refractivity (Wildman–Crippen MR) is 74.0 cm³/mol. The number of amides is 1. The fourth-order valence-corrected chi connectivity index (χ4v) is 1.48. The lowest BCUT2D eigenvalue weighted by atomic mass is 10.3. The summed E-state index contributed by atoms with van der Waals surface area (Å²) in [4.78, 5) is 10.6. The second-order valence-corrected chi connectivity index (χ2v) is 4.32.